The highest BCUT2D eigenvalue weighted by Crippen LogP contribution is 2.21. The van der Waals surface area contributed by atoms with E-state index in [0.29, 0.717) is 10.0 Å². The van der Waals surface area contributed by atoms with Crippen molar-refractivity contribution in [1.82, 2.24) is 0 Å². The van der Waals surface area contributed by atoms with Gasteiger partial charge in [-0.2, -0.15) is 0 Å². The molecule has 0 amide bonds. The van der Waals surface area contributed by atoms with Crippen molar-refractivity contribution >= 4 is 35.4 Å². The Kier molecular flexibility index (Phi) is 3.72. The van der Waals surface area contributed by atoms with Crippen molar-refractivity contribution in [3.63, 3.8) is 0 Å². The van der Waals surface area contributed by atoms with E-state index >= 15 is 0 Å². The molecule has 0 bridgehead atoms. The third-order valence-corrected chi connectivity index (χ3v) is 2.66. The summed E-state index contributed by atoms with van der Waals surface area (Å²) in [6.07, 6.45) is 3.79. The standard InChI is InChI=1S/C14H10Cl2O/c15-12-6-11(7-13(16)9-12)5-4-10-2-1-3-14(17)8-10/h1-9,17H/b5-4+. The highest BCUT2D eigenvalue weighted by atomic mass is 35.5. The van der Waals surface area contributed by atoms with Crippen molar-refractivity contribution in [3.05, 3.63) is 63.6 Å². The van der Waals surface area contributed by atoms with Crippen LogP contribution in [0.2, 0.25) is 10.0 Å². The lowest BCUT2D eigenvalue weighted by atomic mass is 10.1. The van der Waals surface area contributed by atoms with Gasteiger partial charge >= 0.3 is 0 Å². The van der Waals surface area contributed by atoms with Gasteiger partial charge < -0.3 is 5.11 Å². The number of aromatic hydroxyl groups is 1. The molecule has 0 aliphatic rings. The van der Waals surface area contributed by atoms with Crippen LogP contribution >= 0.6 is 23.2 Å². The number of rotatable bonds is 2. The van der Waals surface area contributed by atoms with Gasteiger partial charge in [-0.1, -0.05) is 47.5 Å². The van der Waals surface area contributed by atoms with Crippen LogP contribution in [-0.4, -0.2) is 5.11 Å². The van der Waals surface area contributed by atoms with E-state index in [1.54, 1.807) is 24.3 Å². The number of benzene rings is 2. The summed E-state index contributed by atoms with van der Waals surface area (Å²) >= 11 is 11.8. The molecule has 3 heteroatoms. The molecule has 2 rings (SSSR count). The van der Waals surface area contributed by atoms with Crippen LogP contribution in [0.3, 0.4) is 0 Å². The average molecular weight is 265 g/mol. The van der Waals surface area contributed by atoms with E-state index < -0.39 is 0 Å². The predicted molar refractivity (Wildman–Crippen MR) is 73.5 cm³/mol. The SMILES string of the molecule is Oc1cccc(/C=C/c2cc(Cl)cc(Cl)c2)c1. The molecule has 2 aromatic carbocycles. The van der Waals surface area contributed by atoms with E-state index in [9.17, 15) is 5.11 Å². The van der Waals surface area contributed by atoms with Gasteiger partial charge in [0.2, 0.25) is 0 Å². The Labute approximate surface area is 110 Å². The second-order valence-corrected chi connectivity index (χ2v) is 4.50. The van der Waals surface area contributed by atoms with Crippen LogP contribution in [0.5, 0.6) is 5.75 Å². The molecule has 0 radical (unpaired) electrons. The first-order chi connectivity index (χ1) is 8.13. The van der Waals surface area contributed by atoms with Crippen molar-refractivity contribution < 1.29 is 5.11 Å². The molecule has 17 heavy (non-hydrogen) atoms. The van der Waals surface area contributed by atoms with Crippen molar-refractivity contribution in [2.24, 2.45) is 0 Å². The van der Waals surface area contributed by atoms with Gasteiger partial charge in [0.1, 0.15) is 5.75 Å². The smallest absolute Gasteiger partial charge is 0.116 e. The third-order valence-electron chi connectivity index (χ3n) is 2.22. The minimum absolute atomic E-state index is 0.247. The summed E-state index contributed by atoms with van der Waals surface area (Å²) < 4.78 is 0. The van der Waals surface area contributed by atoms with Gasteiger partial charge in [-0.05, 0) is 41.5 Å². The van der Waals surface area contributed by atoms with E-state index in [4.69, 9.17) is 23.2 Å². The Morgan fingerprint density at radius 2 is 1.47 bits per heavy atom. The van der Waals surface area contributed by atoms with Gasteiger partial charge in [0.15, 0.2) is 0 Å². The van der Waals surface area contributed by atoms with Crippen LogP contribution in [0.25, 0.3) is 12.2 Å². The van der Waals surface area contributed by atoms with Gasteiger partial charge in [0.25, 0.3) is 0 Å². The molecule has 0 saturated carbocycles. The summed E-state index contributed by atoms with van der Waals surface area (Å²) in [7, 11) is 0. The quantitative estimate of drug-likeness (QED) is 0.768. The van der Waals surface area contributed by atoms with Crippen LogP contribution in [0.4, 0.5) is 0 Å². The molecule has 0 atom stereocenters. The summed E-state index contributed by atoms with van der Waals surface area (Å²) in [4.78, 5) is 0. The lowest BCUT2D eigenvalue weighted by molar-refractivity contribution is 0.475. The molecule has 0 aliphatic carbocycles. The Hall–Kier alpha value is -1.44. The van der Waals surface area contributed by atoms with Crippen molar-refractivity contribution in [2.45, 2.75) is 0 Å². The lowest BCUT2D eigenvalue weighted by Gasteiger charge is -1.98. The van der Waals surface area contributed by atoms with Gasteiger partial charge in [-0.3, -0.25) is 0 Å². The number of hydrogen-bond donors (Lipinski definition) is 1. The van der Waals surface area contributed by atoms with E-state index in [0.717, 1.165) is 11.1 Å². The summed E-state index contributed by atoms with van der Waals surface area (Å²) in [5.41, 5.74) is 1.84. The highest BCUT2D eigenvalue weighted by Gasteiger charge is 1.95. The fraction of sp³-hybridized carbons (Fsp3) is 0. The first-order valence-corrected chi connectivity index (χ1v) is 5.82. The molecule has 0 heterocycles. The van der Waals surface area contributed by atoms with Crippen LogP contribution in [0.1, 0.15) is 11.1 Å². The third kappa shape index (κ3) is 3.52. The number of phenols is 1. The topological polar surface area (TPSA) is 20.2 Å². The number of phenolic OH excluding ortho intramolecular Hbond substituents is 1. The highest BCUT2D eigenvalue weighted by molar-refractivity contribution is 6.34. The van der Waals surface area contributed by atoms with Crippen molar-refractivity contribution in [1.29, 1.82) is 0 Å². The molecule has 2 aromatic rings. The molecule has 86 valence electrons. The maximum atomic E-state index is 9.32. The maximum absolute atomic E-state index is 9.32. The molecule has 0 fully saturated rings. The second kappa shape index (κ2) is 5.26. The minimum atomic E-state index is 0.247. The van der Waals surface area contributed by atoms with E-state index in [1.807, 2.05) is 30.4 Å². The van der Waals surface area contributed by atoms with E-state index in [1.165, 1.54) is 0 Å². The molecular weight excluding hydrogens is 255 g/mol. The average Bonchev–Trinajstić information content (AvgIpc) is 2.25. The van der Waals surface area contributed by atoms with E-state index in [-0.39, 0.29) is 5.75 Å². The summed E-state index contributed by atoms with van der Waals surface area (Å²) in [6.45, 7) is 0. The molecule has 1 nitrogen and oxygen atoms in total. The molecule has 1 N–H and O–H groups in total. The molecule has 0 unspecified atom stereocenters. The fourth-order valence-electron chi connectivity index (χ4n) is 1.49. The monoisotopic (exact) mass is 264 g/mol. The Bertz CT molecular complexity index is 542. The minimum Gasteiger partial charge on any atom is -0.508 e. The Balaban J connectivity index is 2.25. The van der Waals surface area contributed by atoms with E-state index in [2.05, 4.69) is 0 Å². The molecule has 0 saturated heterocycles. The normalized spacial score (nSPS) is 10.9. The van der Waals surface area contributed by atoms with Crippen LogP contribution in [0, 0.1) is 0 Å². The molecule has 0 aliphatic heterocycles. The lowest BCUT2D eigenvalue weighted by Crippen LogP contribution is -1.75. The van der Waals surface area contributed by atoms with Crippen molar-refractivity contribution in [3.8, 4) is 5.75 Å². The molecule has 0 spiro atoms. The van der Waals surface area contributed by atoms with Crippen molar-refractivity contribution in [2.75, 3.05) is 0 Å². The zero-order chi connectivity index (χ0) is 12.3. The van der Waals surface area contributed by atoms with Gasteiger partial charge in [0, 0.05) is 10.0 Å². The van der Waals surface area contributed by atoms with Crippen LogP contribution in [-0.2, 0) is 0 Å². The second-order valence-electron chi connectivity index (χ2n) is 3.63. The summed E-state index contributed by atoms with van der Waals surface area (Å²) in [5.74, 6) is 0.247. The largest absolute Gasteiger partial charge is 0.508 e. The first-order valence-electron chi connectivity index (χ1n) is 5.07. The zero-order valence-corrected chi connectivity index (χ0v) is 10.4. The Morgan fingerprint density at radius 1 is 0.824 bits per heavy atom. The number of halogens is 2. The first kappa shape index (κ1) is 12.0. The zero-order valence-electron chi connectivity index (χ0n) is 8.90. The van der Waals surface area contributed by atoms with Crippen LogP contribution < -0.4 is 0 Å². The predicted octanol–water partition coefficient (Wildman–Crippen LogP) is 4.87. The van der Waals surface area contributed by atoms with Gasteiger partial charge in [-0.25, -0.2) is 0 Å². The molecule has 0 aromatic heterocycles. The van der Waals surface area contributed by atoms with Crippen LogP contribution in [0.15, 0.2) is 42.5 Å². The summed E-state index contributed by atoms with van der Waals surface area (Å²) in [6, 6.07) is 12.4. The fourth-order valence-corrected chi connectivity index (χ4v) is 2.04. The Morgan fingerprint density at radius 3 is 2.12 bits per heavy atom. The molecular formula is C14H10Cl2O. The number of hydrogen-bond acceptors (Lipinski definition) is 1. The van der Waals surface area contributed by atoms with Gasteiger partial charge in [-0.15, -0.1) is 0 Å². The van der Waals surface area contributed by atoms with Gasteiger partial charge in [0.05, 0.1) is 0 Å². The summed E-state index contributed by atoms with van der Waals surface area (Å²) in [5, 5.41) is 10.5. The maximum Gasteiger partial charge on any atom is 0.116 e.